The number of halogens is 1. The molecule has 1 heterocycles. The van der Waals surface area contributed by atoms with Crippen LogP contribution in [0.15, 0.2) is 24.3 Å². The van der Waals surface area contributed by atoms with Gasteiger partial charge in [-0.05, 0) is 62.8 Å². The third kappa shape index (κ3) is 6.99. The van der Waals surface area contributed by atoms with Crippen LogP contribution < -0.4 is 16.0 Å². The van der Waals surface area contributed by atoms with Gasteiger partial charge in [0, 0.05) is 50.7 Å². The topological polar surface area (TPSA) is 78.7 Å². The summed E-state index contributed by atoms with van der Waals surface area (Å²) < 4.78 is 13.4. The molecule has 1 saturated carbocycles. The first-order valence-corrected chi connectivity index (χ1v) is 10.8. The molecule has 1 saturated heterocycles. The number of rotatable bonds is 8. The van der Waals surface area contributed by atoms with E-state index in [1.165, 1.54) is 12.5 Å². The minimum atomic E-state index is -0.430. The molecular formula is C22H33FN4O2. The first kappa shape index (κ1) is 21.6. The number of nitrogens with two attached hydrogens (primary N) is 1. The molecule has 0 unspecified atom stereocenters. The lowest BCUT2D eigenvalue weighted by molar-refractivity contribution is -0.125. The Kier molecular flexibility index (Phi) is 7.86. The fourth-order valence-electron chi connectivity index (χ4n) is 4.40. The summed E-state index contributed by atoms with van der Waals surface area (Å²) in [5.74, 6) is 0.0450. The predicted molar refractivity (Wildman–Crippen MR) is 112 cm³/mol. The normalized spacial score (nSPS) is 23.0. The maximum Gasteiger partial charge on any atom is 0.220 e. The fourth-order valence-corrected chi connectivity index (χ4v) is 4.40. The van der Waals surface area contributed by atoms with Crippen molar-refractivity contribution >= 4 is 17.5 Å². The summed E-state index contributed by atoms with van der Waals surface area (Å²) in [7, 11) is 0. The van der Waals surface area contributed by atoms with Crippen LogP contribution in [-0.2, 0) is 9.59 Å². The zero-order valence-electron chi connectivity index (χ0n) is 17.1. The van der Waals surface area contributed by atoms with Crippen LogP contribution in [0.4, 0.5) is 10.1 Å². The lowest BCUT2D eigenvalue weighted by atomic mass is 9.84. The van der Waals surface area contributed by atoms with Crippen molar-refractivity contribution in [3.8, 4) is 0 Å². The van der Waals surface area contributed by atoms with Crippen molar-refractivity contribution in [2.75, 3.05) is 37.6 Å². The van der Waals surface area contributed by atoms with Crippen LogP contribution in [0.3, 0.4) is 0 Å². The molecule has 29 heavy (non-hydrogen) atoms. The van der Waals surface area contributed by atoms with E-state index in [1.807, 2.05) is 6.07 Å². The molecule has 0 bridgehead atoms. The summed E-state index contributed by atoms with van der Waals surface area (Å²) in [6, 6.07) is 7.08. The second kappa shape index (κ2) is 10.6. The second-order valence-electron chi connectivity index (χ2n) is 8.35. The minimum Gasteiger partial charge on any atom is -0.370 e. The number of hydrogen-bond acceptors (Lipinski definition) is 4. The Morgan fingerprint density at radius 2 is 1.79 bits per heavy atom. The fraction of sp³-hybridized carbons (Fsp3) is 0.636. The number of benzene rings is 1. The van der Waals surface area contributed by atoms with Gasteiger partial charge in [-0.25, -0.2) is 4.39 Å². The van der Waals surface area contributed by atoms with Crippen molar-refractivity contribution in [2.24, 2.45) is 11.7 Å². The second-order valence-corrected chi connectivity index (χ2v) is 8.35. The lowest BCUT2D eigenvalue weighted by Crippen LogP contribution is -2.47. The summed E-state index contributed by atoms with van der Waals surface area (Å²) >= 11 is 0. The number of anilines is 1. The van der Waals surface area contributed by atoms with Crippen LogP contribution in [0.5, 0.6) is 0 Å². The summed E-state index contributed by atoms with van der Waals surface area (Å²) in [5, 5.41) is 3.04. The molecule has 1 aliphatic heterocycles. The number of nitrogens with one attached hydrogen (secondary N) is 1. The maximum absolute atomic E-state index is 13.4. The van der Waals surface area contributed by atoms with Crippen molar-refractivity contribution in [2.45, 2.75) is 51.0 Å². The molecule has 2 amide bonds. The Bertz CT molecular complexity index is 683. The molecule has 1 aromatic carbocycles. The standard InChI is InChI=1S/C22H33FN4O2/c23-18-2-1-3-20(16-18)27-14-12-26(13-15-27)11-10-17-4-6-19(7-5-17)25-22(29)9-8-21(24)28/h1-3,16-17,19H,4-15H2,(H2,24,28)(H,25,29). The summed E-state index contributed by atoms with van der Waals surface area (Å²) in [4.78, 5) is 27.4. The smallest absolute Gasteiger partial charge is 0.220 e. The zero-order valence-corrected chi connectivity index (χ0v) is 17.1. The van der Waals surface area contributed by atoms with Crippen molar-refractivity contribution in [3.05, 3.63) is 30.1 Å². The van der Waals surface area contributed by atoms with E-state index >= 15 is 0 Å². The van der Waals surface area contributed by atoms with Crippen molar-refractivity contribution in [1.82, 2.24) is 10.2 Å². The summed E-state index contributed by atoms with van der Waals surface area (Å²) in [5.41, 5.74) is 6.06. The molecule has 3 rings (SSSR count). The van der Waals surface area contributed by atoms with Crippen LogP contribution >= 0.6 is 0 Å². The highest BCUT2D eigenvalue weighted by molar-refractivity contribution is 5.82. The van der Waals surface area contributed by atoms with Crippen LogP contribution in [0, 0.1) is 11.7 Å². The molecule has 160 valence electrons. The summed E-state index contributed by atoms with van der Waals surface area (Å²) in [6.07, 6.45) is 5.82. The Hall–Kier alpha value is -2.15. The third-order valence-corrected chi connectivity index (χ3v) is 6.21. The van der Waals surface area contributed by atoms with Crippen LogP contribution in [0.25, 0.3) is 0 Å². The Labute approximate surface area is 172 Å². The van der Waals surface area contributed by atoms with Crippen molar-refractivity contribution in [1.29, 1.82) is 0 Å². The molecule has 2 fully saturated rings. The number of nitrogens with zero attached hydrogens (tertiary/aromatic N) is 2. The first-order valence-electron chi connectivity index (χ1n) is 10.8. The van der Waals surface area contributed by atoms with Crippen molar-refractivity contribution in [3.63, 3.8) is 0 Å². The van der Waals surface area contributed by atoms with E-state index in [2.05, 4.69) is 15.1 Å². The molecule has 2 aliphatic rings. The van der Waals surface area contributed by atoms with Gasteiger partial charge in [-0.15, -0.1) is 0 Å². The van der Waals surface area contributed by atoms with Gasteiger partial charge in [-0.2, -0.15) is 0 Å². The Balaban J connectivity index is 1.30. The van der Waals surface area contributed by atoms with E-state index < -0.39 is 5.91 Å². The number of hydrogen-bond donors (Lipinski definition) is 2. The number of carbonyl (C=O) groups is 2. The van der Waals surface area contributed by atoms with Gasteiger partial charge in [-0.1, -0.05) is 6.07 Å². The predicted octanol–water partition coefficient (Wildman–Crippen LogP) is 2.28. The molecule has 6 nitrogen and oxygen atoms in total. The van der Waals surface area contributed by atoms with Crippen LogP contribution in [0.2, 0.25) is 0 Å². The Morgan fingerprint density at radius 3 is 2.45 bits per heavy atom. The average molecular weight is 405 g/mol. The minimum absolute atomic E-state index is 0.0663. The highest BCUT2D eigenvalue weighted by Gasteiger charge is 2.24. The summed E-state index contributed by atoms with van der Waals surface area (Å²) in [6.45, 7) is 5.02. The molecule has 0 radical (unpaired) electrons. The molecule has 0 atom stereocenters. The Morgan fingerprint density at radius 1 is 1.07 bits per heavy atom. The van der Waals surface area contributed by atoms with E-state index in [9.17, 15) is 14.0 Å². The number of amides is 2. The lowest BCUT2D eigenvalue weighted by Gasteiger charge is -2.37. The van der Waals surface area contributed by atoms with Crippen LogP contribution in [0.1, 0.15) is 44.9 Å². The van der Waals surface area contributed by atoms with E-state index in [0.717, 1.165) is 70.0 Å². The van der Waals surface area contributed by atoms with Gasteiger partial charge < -0.3 is 16.0 Å². The van der Waals surface area contributed by atoms with Crippen molar-refractivity contribution < 1.29 is 14.0 Å². The SMILES string of the molecule is NC(=O)CCC(=O)NC1CCC(CCN2CCN(c3cccc(F)c3)CC2)CC1. The molecule has 1 aliphatic carbocycles. The molecule has 7 heteroatoms. The van der Waals surface area contributed by atoms with Gasteiger partial charge >= 0.3 is 0 Å². The highest BCUT2D eigenvalue weighted by Crippen LogP contribution is 2.27. The van der Waals surface area contributed by atoms with Gasteiger partial charge in [-0.3, -0.25) is 14.5 Å². The molecule has 3 N–H and O–H groups in total. The van der Waals surface area contributed by atoms with Crippen LogP contribution in [-0.4, -0.2) is 55.5 Å². The largest absolute Gasteiger partial charge is 0.370 e. The average Bonchev–Trinajstić information content (AvgIpc) is 2.72. The van der Waals surface area contributed by atoms with E-state index in [0.29, 0.717) is 0 Å². The number of primary amides is 1. The number of carbonyl (C=O) groups excluding carboxylic acids is 2. The van der Waals surface area contributed by atoms with Gasteiger partial charge in [0.2, 0.25) is 11.8 Å². The molecule has 1 aromatic rings. The molecular weight excluding hydrogens is 371 g/mol. The van der Waals surface area contributed by atoms with Gasteiger partial charge in [0.15, 0.2) is 0 Å². The molecule has 0 aromatic heterocycles. The number of piperazine rings is 1. The maximum atomic E-state index is 13.4. The first-order chi connectivity index (χ1) is 14.0. The van der Waals surface area contributed by atoms with E-state index in [-0.39, 0.29) is 30.6 Å². The van der Waals surface area contributed by atoms with E-state index in [1.54, 1.807) is 12.1 Å². The quantitative estimate of drug-likeness (QED) is 0.697. The molecule has 0 spiro atoms. The monoisotopic (exact) mass is 404 g/mol. The van der Waals surface area contributed by atoms with E-state index in [4.69, 9.17) is 5.73 Å². The van der Waals surface area contributed by atoms with Gasteiger partial charge in [0.1, 0.15) is 5.82 Å². The van der Waals surface area contributed by atoms with Gasteiger partial charge in [0.05, 0.1) is 0 Å². The third-order valence-electron chi connectivity index (χ3n) is 6.21. The zero-order chi connectivity index (χ0) is 20.6. The van der Waals surface area contributed by atoms with Gasteiger partial charge in [0.25, 0.3) is 0 Å². The highest BCUT2D eigenvalue weighted by atomic mass is 19.1.